The summed E-state index contributed by atoms with van der Waals surface area (Å²) in [7, 11) is 0. The zero-order valence-corrected chi connectivity index (χ0v) is 21.0. The molecule has 1 N–H and O–H groups in total. The minimum atomic E-state index is -0.173. The van der Waals surface area contributed by atoms with Gasteiger partial charge in [0.25, 0.3) is 0 Å². The van der Waals surface area contributed by atoms with E-state index in [1.807, 2.05) is 41.9 Å². The van der Waals surface area contributed by atoms with Crippen LogP contribution in [0.3, 0.4) is 0 Å². The van der Waals surface area contributed by atoms with Crippen LogP contribution in [0.15, 0.2) is 30.3 Å². The van der Waals surface area contributed by atoms with Crippen molar-refractivity contribution in [3.05, 3.63) is 41.6 Å². The van der Waals surface area contributed by atoms with Crippen LogP contribution in [0.2, 0.25) is 0 Å². The number of aromatic nitrogens is 2. The summed E-state index contributed by atoms with van der Waals surface area (Å²) in [6.45, 7) is 11.2. The van der Waals surface area contributed by atoms with E-state index in [0.717, 1.165) is 61.9 Å². The molecule has 0 saturated heterocycles. The summed E-state index contributed by atoms with van der Waals surface area (Å²) in [5, 5.41) is 7.89. The lowest BCUT2D eigenvalue weighted by Gasteiger charge is -2.25. The van der Waals surface area contributed by atoms with Crippen LogP contribution >= 0.6 is 0 Å². The number of benzene rings is 1. The number of aryl methyl sites for hydroxylation is 1. The molecule has 180 valence electrons. The van der Waals surface area contributed by atoms with Crippen molar-refractivity contribution in [2.24, 2.45) is 5.92 Å². The second-order valence-corrected chi connectivity index (χ2v) is 10.4. The minimum Gasteiger partial charge on any atom is -0.333 e. The van der Waals surface area contributed by atoms with Crippen molar-refractivity contribution in [1.29, 1.82) is 0 Å². The van der Waals surface area contributed by atoms with Gasteiger partial charge in [-0.1, -0.05) is 71.6 Å². The Kier molecular flexibility index (Phi) is 8.33. The Labute approximate surface area is 198 Å². The van der Waals surface area contributed by atoms with E-state index in [-0.39, 0.29) is 29.7 Å². The first-order valence-electron chi connectivity index (χ1n) is 12.5. The lowest BCUT2D eigenvalue weighted by atomic mass is 9.92. The second-order valence-electron chi connectivity index (χ2n) is 10.4. The van der Waals surface area contributed by atoms with Gasteiger partial charge in [0, 0.05) is 23.9 Å². The molecule has 1 fully saturated rings. The number of nitrogens with one attached hydrogen (secondary N) is 1. The predicted molar refractivity (Wildman–Crippen MR) is 134 cm³/mol. The SMILES string of the molecule is CCCCCN(CC(=O)Nc1cc(C(C)(C)C)nn1-c1ccccc1C)C(=O)C1CCCC1. The Hall–Kier alpha value is -2.63. The summed E-state index contributed by atoms with van der Waals surface area (Å²) < 4.78 is 1.81. The van der Waals surface area contributed by atoms with Crippen LogP contribution in [0, 0.1) is 12.8 Å². The second kappa shape index (κ2) is 11.0. The van der Waals surface area contributed by atoms with Gasteiger partial charge in [-0.15, -0.1) is 0 Å². The van der Waals surface area contributed by atoms with E-state index in [2.05, 4.69) is 33.0 Å². The maximum Gasteiger partial charge on any atom is 0.245 e. The highest BCUT2D eigenvalue weighted by Gasteiger charge is 2.29. The number of carbonyl (C=O) groups is 2. The summed E-state index contributed by atoms with van der Waals surface area (Å²) in [4.78, 5) is 28.1. The number of carbonyl (C=O) groups excluding carboxylic acids is 2. The molecule has 2 aromatic rings. The Balaban J connectivity index is 1.81. The fraction of sp³-hybridized carbons (Fsp3) is 0.593. The molecule has 33 heavy (non-hydrogen) atoms. The zero-order chi connectivity index (χ0) is 24.0. The minimum absolute atomic E-state index is 0.0735. The molecule has 0 bridgehead atoms. The van der Waals surface area contributed by atoms with E-state index >= 15 is 0 Å². The molecule has 1 aromatic carbocycles. The molecule has 1 saturated carbocycles. The van der Waals surface area contributed by atoms with Crippen molar-refractivity contribution in [3.63, 3.8) is 0 Å². The van der Waals surface area contributed by atoms with Gasteiger partial charge in [0.1, 0.15) is 5.82 Å². The molecule has 3 rings (SSSR count). The zero-order valence-electron chi connectivity index (χ0n) is 21.0. The molecule has 2 amide bonds. The van der Waals surface area contributed by atoms with Gasteiger partial charge in [0.2, 0.25) is 11.8 Å². The van der Waals surface area contributed by atoms with Crippen LogP contribution in [0.25, 0.3) is 5.69 Å². The van der Waals surface area contributed by atoms with Crippen LogP contribution in [0.5, 0.6) is 0 Å². The molecule has 0 aliphatic heterocycles. The Bertz CT molecular complexity index is 951. The van der Waals surface area contributed by atoms with E-state index in [4.69, 9.17) is 5.10 Å². The van der Waals surface area contributed by atoms with E-state index in [9.17, 15) is 9.59 Å². The fourth-order valence-corrected chi connectivity index (χ4v) is 4.43. The molecule has 1 heterocycles. The molecule has 0 radical (unpaired) electrons. The van der Waals surface area contributed by atoms with Crippen LogP contribution in [0.4, 0.5) is 5.82 Å². The first kappa shape index (κ1) is 25.0. The normalized spacial score (nSPS) is 14.5. The van der Waals surface area contributed by atoms with Crippen LogP contribution in [-0.4, -0.2) is 39.6 Å². The van der Waals surface area contributed by atoms with E-state index in [1.54, 1.807) is 4.90 Å². The molecule has 1 aromatic heterocycles. The molecular weight excluding hydrogens is 412 g/mol. The van der Waals surface area contributed by atoms with Crippen molar-refractivity contribution in [3.8, 4) is 5.69 Å². The quantitative estimate of drug-likeness (QED) is 0.502. The average molecular weight is 453 g/mol. The number of para-hydroxylation sites is 1. The van der Waals surface area contributed by atoms with Gasteiger partial charge >= 0.3 is 0 Å². The molecule has 0 atom stereocenters. The largest absolute Gasteiger partial charge is 0.333 e. The van der Waals surface area contributed by atoms with E-state index in [0.29, 0.717) is 12.4 Å². The number of hydrogen-bond donors (Lipinski definition) is 1. The van der Waals surface area contributed by atoms with Crippen molar-refractivity contribution in [1.82, 2.24) is 14.7 Å². The third kappa shape index (κ3) is 6.46. The molecule has 6 nitrogen and oxygen atoms in total. The van der Waals surface area contributed by atoms with Crippen LogP contribution in [0.1, 0.15) is 83.9 Å². The highest BCUT2D eigenvalue weighted by Crippen LogP contribution is 2.28. The highest BCUT2D eigenvalue weighted by molar-refractivity contribution is 5.94. The standard InChI is InChI=1S/C27H40N4O2/c1-6-7-12-17-30(26(33)21-14-9-10-15-21)19-25(32)28-24-18-23(27(3,4)5)29-31(24)22-16-11-8-13-20(22)2/h8,11,13,16,18,21H,6-7,9-10,12,14-15,17,19H2,1-5H3,(H,28,32). The summed E-state index contributed by atoms with van der Waals surface area (Å²) in [6.07, 6.45) is 7.18. The molecule has 6 heteroatoms. The third-order valence-electron chi connectivity index (χ3n) is 6.47. The van der Waals surface area contributed by atoms with Crippen LogP contribution < -0.4 is 5.32 Å². The number of unbranched alkanes of at least 4 members (excludes halogenated alkanes) is 2. The number of anilines is 1. The maximum absolute atomic E-state index is 13.2. The topological polar surface area (TPSA) is 67.2 Å². The number of nitrogens with zero attached hydrogens (tertiary/aromatic N) is 3. The highest BCUT2D eigenvalue weighted by atomic mass is 16.2. The lowest BCUT2D eigenvalue weighted by molar-refractivity contribution is -0.138. The Morgan fingerprint density at radius 1 is 1.15 bits per heavy atom. The van der Waals surface area contributed by atoms with Crippen molar-refractivity contribution < 1.29 is 9.59 Å². The first-order valence-corrected chi connectivity index (χ1v) is 12.5. The summed E-state index contributed by atoms with van der Waals surface area (Å²) in [5.41, 5.74) is 2.76. The molecule has 0 spiro atoms. The summed E-state index contributed by atoms with van der Waals surface area (Å²) >= 11 is 0. The molecule has 1 aliphatic rings. The average Bonchev–Trinajstić information content (AvgIpc) is 3.43. The monoisotopic (exact) mass is 452 g/mol. The first-order chi connectivity index (χ1) is 15.7. The summed E-state index contributed by atoms with van der Waals surface area (Å²) in [6, 6.07) is 9.96. The predicted octanol–water partition coefficient (Wildman–Crippen LogP) is 5.63. The molecular formula is C27H40N4O2. The van der Waals surface area contributed by atoms with Gasteiger partial charge < -0.3 is 10.2 Å². The van der Waals surface area contributed by atoms with Gasteiger partial charge in [0.05, 0.1) is 17.9 Å². The molecule has 0 unspecified atom stereocenters. The third-order valence-corrected chi connectivity index (χ3v) is 6.47. The van der Waals surface area contributed by atoms with Crippen molar-refractivity contribution in [2.45, 2.75) is 85.0 Å². The van der Waals surface area contributed by atoms with Gasteiger partial charge in [-0.3, -0.25) is 9.59 Å². The number of rotatable bonds is 9. The van der Waals surface area contributed by atoms with Gasteiger partial charge in [-0.2, -0.15) is 5.10 Å². The van der Waals surface area contributed by atoms with Gasteiger partial charge in [-0.25, -0.2) is 4.68 Å². The van der Waals surface area contributed by atoms with Crippen LogP contribution in [-0.2, 0) is 15.0 Å². The Morgan fingerprint density at radius 2 is 1.85 bits per heavy atom. The van der Waals surface area contributed by atoms with E-state index in [1.165, 1.54) is 0 Å². The Morgan fingerprint density at radius 3 is 2.48 bits per heavy atom. The van der Waals surface area contributed by atoms with Crippen molar-refractivity contribution in [2.75, 3.05) is 18.4 Å². The molecule has 1 aliphatic carbocycles. The number of hydrogen-bond acceptors (Lipinski definition) is 3. The smallest absolute Gasteiger partial charge is 0.245 e. The maximum atomic E-state index is 13.2. The van der Waals surface area contributed by atoms with Gasteiger partial charge in [0.15, 0.2) is 0 Å². The van der Waals surface area contributed by atoms with Crippen molar-refractivity contribution >= 4 is 17.6 Å². The van der Waals surface area contributed by atoms with Gasteiger partial charge in [-0.05, 0) is 37.8 Å². The lowest BCUT2D eigenvalue weighted by Crippen LogP contribution is -2.41. The fourth-order valence-electron chi connectivity index (χ4n) is 4.43. The number of amides is 2. The van der Waals surface area contributed by atoms with E-state index < -0.39 is 0 Å². The summed E-state index contributed by atoms with van der Waals surface area (Å²) in [5.74, 6) is 0.681.